The number of aryl methyl sites for hydroxylation is 1. The van der Waals surface area contributed by atoms with Crippen LogP contribution in [0.2, 0.25) is 0 Å². The highest BCUT2D eigenvalue weighted by Gasteiger charge is 2.29. The van der Waals surface area contributed by atoms with Gasteiger partial charge in [-0.1, -0.05) is 30.4 Å². The molecule has 1 aromatic carbocycles. The van der Waals surface area contributed by atoms with E-state index < -0.39 is 10.0 Å². The van der Waals surface area contributed by atoms with Gasteiger partial charge in [-0.2, -0.15) is 4.31 Å². The van der Waals surface area contributed by atoms with Crippen LogP contribution in [0.5, 0.6) is 0 Å². The zero-order chi connectivity index (χ0) is 18.7. The fourth-order valence-corrected chi connectivity index (χ4v) is 5.23. The molecule has 26 heavy (non-hydrogen) atoms. The first-order chi connectivity index (χ1) is 12.4. The van der Waals surface area contributed by atoms with E-state index in [1.54, 1.807) is 23.5 Å². The van der Waals surface area contributed by atoms with Crippen LogP contribution in [0.1, 0.15) is 35.6 Å². The van der Waals surface area contributed by atoms with E-state index in [1.807, 2.05) is 0 Å². The molecule has 1 saturated heterocycles. The Morgan fingerprint density at radius 1 is 1.12 bits per heavy atom. The number of aromatic nitrogens is 2. The van der Waals surface area contributed by atoms with Crippen LogP contribution in [-0.2, 0) is 16.4 Å². The summed E-state index contributed by atoms with van der Waals surface area (Å²) < 4.78 is 27.1. The number of carbonyl (C=O) groups is 1. The minimum absolute atomic E-state index is 0.0814. The molecule has 1 aliphatic heterocycles. The number of anilines is 1. The first-order valence-corrected chi connectivity index (χ1v) is 10.9. The average molecular weight is 395 g/mol. The molecule has 0 atom stereocenters. The van der Waals surface area contributed by atoms with Gasteiger partial charge >= 0.3 is 0 Å². The van der Waals surface area contributed by atoms with Crippen molar-refractivity contribution in [1.82, 2.24) is 14.5 Å². The molecule has 0 saturated carbocycles. The Balaban J connectivity index is 1.67. The Morgan fingerprint density at radius 2 is 1.77 bits per heavy atom. The smallest absolute Gasteiger partial charge is 0.243 e. The van der Waals surface area contributed by atoms with Gasteiger partial charge in [0.2, 0.25) is 15.2 Å². The monoisotopic (exact) mass is 394 g/mol. The first kappa shape index (κ1) is 18.9. The molecule has 0 bridgehead atoms. The molecule has 0 aliphatic carbocycles. The average Bonchev–Trinajstić information content (AvgIpc) is 3.11. The van der Waals surface area contributed by atoms with Crippen molar-refractivity contribution in [2.75, 3.05) is 31.1 Å². The zero-order valence-electron chi connectivity index (χ0n) is 14.9. The van der Waals surface area contributed by atoms with Crippen LogP contribution in [0.3, 0.4) is 0 Å². The third-order valence-corrected chi connectivity index (χ3v) is 7.28. The predicted octanol–water partition coefficient (Wildman–Crippen LogP) is 2.20. The van der Waals surface area contributed by atoms with Gasteiger partial charge in [0.15, 0.2) is 5.78 Å². The van der Waals surface area contributed by atoms with Gasteiger partial charge in [-0.05, 0) is 25.5 Å². The molecule has 3 rings (SSSR count). The van der Waals surface area contributed by atoms with Crippen molar-refractivity contribution in [3.63, 3.8) is 0 Å². The number of hydrogen-bond acceptors (Lipinski definition) is 7. The minimum atomic E-state index is -3.55. The first-order valence-electron chi connectivity index (χ1n) is 8.60. The third kappa shape index (κ3) is 3.94. The van der Waals surface area contributed by atoms with Crippen molar-refractivity contribution >= 4 is 32.3 Å². The Kier molecular flexibility index (Phi) is 5.69. The van der Waals surface area contributed by atoms with Crippen molar-refractivity contribution in [1.29, 1.82) is 0 Å². The fourth-order valence-electron chi connectivity index (χ4n) is 2.82. The minimum Gasteiger partial charge on any atom is -0.344 e. The summed E-state index contributed by atoms with van der Waals surface area (Å²) in [6.07, 6.45) is 1.95. The van der Waals surface area contributed by atoms with Gasteiger partial charge < -0.3 is 4.90 Å². The predicted molar refractivity (Wildman–Crippen MR) is 101 cm³/mol. The van der Waals surface area contributed by atoms with Gasteiger partial charge in [-0.25, -0.2) is 8.42 Å². The molecular formula is C17H22N4O3S2. The Morgan fingerprint density at radius 3 is 2.35 bits per heavy atom. The summed E-state index contributed by atoms with van der Waals surface area (Å²) >= 11 is 1.58. The maximum atomic E-state index is 12.8. The molecule has 0 N–H and O–H groups in total. The van der Waals surface area contributed by atoms with Crippen LogP contribution in [0, 0.1) is 0 Å². The van der Waals surface area contributed by atoms with Gasteiger partial charge in [0, 0.05) is 38.2 Å². The highest BCUT2D eigenvalue weighted by molar-refractivity contribution is 7.89. The molecule has 1 fully saturated rings. The number of piperazine rings is 1. The van der Waals surface area contributed by atoms with E-state index in [9.17, 15) is 13.2 Å². The van der Waals surface area contributed by atoms with Gasteiger partial charge in [-0.15, -0.1) is 10.2 Å². The number of carbonyl (C=O) groups excluding carboxylic acids is 1. The van der Waals surface area contributed by atoms with Crippen molar-refractivity contribution in [3.8, 4) is 0 Å². The number of hydrogen-bond donors (Lipinski definition) is 0. The third-order valence-electron chi connectivity index (χ3n) is 4.33. The Labute approximate surface area is 157 Å². The van der Waals surface area contributed by atoms with Gasteiger partial charge in [0.05, 0.1) is 4.90 Å². The second-order valence-electron chi connectivity index (χ2n) is 6.20. The molecule has 0 spiro atoms. The molecule has 0 amide bonds. The molecule has 0 radical (unpaired) electrons. The topological polar surface area (TPSA) is 83.5 Å². The SMILES string of the molecule is CCCc1nnc(N2CCN(S(=O)(=O)c3ccc(C(C)=O)cc3)CC2)s1. The second-order valence-corrected chi connectivity index (χ2v) is 9.18. The maximum Gasteiger partial charge on any atom is 0.243 e. The van der Waals surface area contributed by atoms with E-state index in [4.69, 9.17) is 0 Å². The quantitative estimate of drug-likeness (QED) is 0.699. The normalized spacial score (nSPS) is 16.0. The Bertz CT molecular complexity index is 870. The van der Waals surface area contributed by atoms with E-state index in [0.717, 1.165) is 23.0 Å². The summed E-state index contributed by atoms with van der Waals surface area (Å²) in [6, 6.07) is 6.12. The molecule has 140 valence electrons. The van der Waals surface area contributed by atoms with Crippen LogP contribution < -0.4 is 4.90 Å². The molecule has 0 unspecified atom stereocenters. The van der Waals surface area contributed by atoms with Crippen LogP contribution in [0.25, 0.3) is 0 Å². The van der Waals surface area contributed by atoms with Crippen LogP contribution in [0.15, 0.2) is 29.2 Å². The van der Waals surface area contributed by atoms with Crippen LogP contribution in [-0.4, -0.2) is 54.9 Å². The number of sulfonamides is 1. The number of benzene rings is 1. The standard InChI is InChI=1S/C17H22N4O3S2/c1-3-4-16-18-19-17(25-16)20-9-11-21(12-10-20)26(23,24)15-7-5-14(6-8-15)13(2)22/h5-8H,3-4,9-12H2,1-2H3. The fraction of sp³-hybridized carbons (Fsp3) is 0.471. The van der Waals surface area contributed by atoms with E-state index in [-0.39, 0.29) is 10.7 Å². The van der Waals surface area contributed by atoms with Crippen molar-refractivity contribution in [3.05, 3.63) is 34.8 Å². The number of ketones is 1. The van der Waals surface area contributed by atoms with Crippen LogP contribution >= 0.6 is 11.3 Å². The lowest BCUT2D eigenvalue weighted by molar-refractivity contribution is 0.101. The van der Waals surface area contributed by atoms with E-state index in [0.29, 0.717) is 31.7 Å². The van der Waals surface area contributed by atoms with Gasteiger partial charge in [-0.3, -0.25) is 4.79 Å². The van der Waals surface area contributed by atoms with Crippen LogP contribution in [0.4, 0.5) is 5.13 Å². The highest BCUT2D eigenvalue weighted by Crippen LogP contribution is 2.24. The summed E-state index contributed by atoms with van der Waals surface area (Å²) in [5.74, 6) is -0.0814. The van der Waals surface area contributed by atoms with Gasteiger partial charge in [0.1, 0.15) is 5.01 Å². The molecule has 7 nitrogen and oxygen atoms in total. The summed E-state index contributed by atoms with van der Waals surface area (Å²) in [5.41, 5.74) is 0.507. The zero-order valence-corrected chi connectivity index (χ0v) is 16.5. The lowest BCUT2D eigenvalue weighted by Crippen LogP contribution is -2.48. The van der Waals surface area contributed by atoms with E-state index in [2.05, 4.69) is 22.0 Å². The number of Topliss-reactive ketones (excluding diaryl/α,β-unsaturated/α-hetero) is 1. The lowest BCUT2D eigenvalue weighted by Gasteiger charge is -2.33. The van der Waals surface area contributed by atoms with E-state index in [1.165, 1.54) is 23.4 Å². The Hall–Kier alpha value is -1.84. The summed E-state index contributed by atoms with van der Waals surface area (Å²) in [7, 11) is -3.55. The molecule has 1 aliphatic rings. The van der Waals surface area contributed by atoms with Gasteiger partial charge in [0.25, 0.3) is 0 Å². The van der Waals surface area contributed by atoms with Crippen molar-refractivity contribution < 1.29 is 13.2 Å². The van der Waals surface area contributed by atoms with Crippen molar-refractivity contribution in [2.24, 2.45) is 0 Å². The molecule has 1 aromatic heterocycles. The summed E-state index contributed by atoms with van der Waals surface area (Å²) in [6.45, 7) is 5.55. The molecule has 9 heteroatoms. The summed E-state index contributed by atoms with van der Waals surface area (Å²) in [5, 5.41) is 10.3. The number of rotatable bonds is 6. The molecule has 2 aromatic rings. The lowest BCUT2D eigenvalue weighted by atomic mass is 10.2. The number of nitrogens with zero attached hydrogens (tertiary/aromatic N) is 4. The molecular weight excluding hydrogens is 372 g/mol. The summed E-state index contributed by atoms with van der Waals surface area (Å²) in [4.78, 5) is 13.7. The second kappa shape index (κ2) is 7.81. The van der Waals surface area contributed by atoms with Crippen molar-refractivity contribution in [2.45, 2.75) is 31.6 Å². The largest absolute Gasteiger partial charge is 0.344 e. The highest BCUT2D eigenvalue weighted by atomic mass is 32.2. The maximum absolute atomic E-state index is 12.8. The molecule has 2 heterocycles. The van der Waals surface area contributed by atoms with E-state index >= 15 is 0 Å².